The normalized spacial score (nSPS) is 10.9. The zero-order valence-electron chi connectivity index (χ0n) is 4.92. The Morgan fingerprint density at radius 1 is 1.62 bits per heavy atom. The first kappa shape index (κ1) is 7.10. The molecule has 1 N–H and O–H groups in total. The molecule has 0 radical (unpaired) electrons. The fraction of sp³-hybridized carbons (Fsp3) is 0.500. The molecule has 0 aliphatic carbocycles. The molecule has 0 rings (SSSR count). The predicted octanol–water partition coefficient (Wildman–Crippen LogP) is -1.12. The van der Waals surface area contributed by atoms with Crippen molar-refractivity contribution >= 4 is 0 Å². The van der Waals surface area contributed by atoms with E-state index < -0.39 is 4.92 Å². The summed E-state index contributed by atoms with van der Waals surface area (Å²) in [5.74, 6) is 0. The minimum Gasteiger partial charge on any atom is -0.308 e. The lowest BCUT2D eigenvalue weighted by Crippen LogP contribution is -3.00. The highest BCUT2D eigenvalue weighted by molar-refractivity contribution is 4.54. The van der Waals surface area contributed by atoms with E-state index in [4.69, 9.17) is 0 Å². The van der Waals surface area contributed by atoms with Crippen LogP contribution in [0.15, 0.2) is 12.4 Å². The van der Waals surface area contributed by atoms with Crippen molar-refractivity contribution in [3.05, 3.63) is 22.5 Å². The first-order valence-corrected chi connectivity index (χ1v) is 2.25. The van der Waals surface area contributed by atoms with Crippen LogP contribution in [0.25, 0.3) is 0 Å². The Hall–Kier alpha value is -0.900. The lowest BCUT2D eigenvalue weighted by atomic mass is 10.8. The van der Waals surface area contributed by atoms with E-state index in [2.05, 4.69) is 0 Å². The third-order valence-corrected chi connectivity index (χ3v) is 0.530. The largest absolute Gasteiger partial charge is 0.308 e. The van der Waals surface area contributed by atoms with Crippen LogP contribution in [0.1, 0.15) is 0 Å². The summed E-state index contributed by atoms with van der Waals surface area (Å²) in [6.45, 7) is 0. The molecule has 0 bridgehead atoms. The average molecular weight is 117 g/mol. The molecule has 0 saturated carbocycles. The molecule has 0 amide bonds. The summed E-state index contributed by atoms with van der Waals surface area (Å²) in [4.78, 5) is 10.1. The average Bonchev–Trinajstić information content (AvgIpc) is 1.61. The molecule has 0 spiro atoms. The summed E-state index contributed by atoms with van der Waals surface area (Å²) in [7, 11) is 3.61. The third-order valence-electron chi connectivity index (χ3n) is 0.530. The van der Waals surface area contributed by atoms with E-state index in [9.17, 15) is 10.1 Å². The van der Waals surface area contributed by atoms with Crippen LogP contribution in [-0.2, 0) is 0 Å². The molecule has 0 aromatic carbocycles. The van der Waals surface area contributed by atoms with E-state index in [1.54, 1.807) is 14.1 Å². The number of hydrogen-bond acceptors (Lipinski definition) is 2. The molecule has 0 atom stereocenters. The van der Waals surface area contributed by atoms with Crippen LogP contribution in [-0.4, -0.2) is 19.0 Å². The van der Waals surface area contributed by atoms with Gasteiger partial charge in [-0.3, -0.25) is 10.1 Å². The van der Waals surface area contributed by atoms with Crippen LogP contribution < -0.4 is 4.90 Å². The van der Waals surface area contributed by atoms with E-state index >= 15 is 0 Å². The number of rotatable bonds is 2. The second-order valence-corrected chi connectivity index (χ2v) is 1.68. The van der Waals surface area contributed by atoms with Gasteiger partial charge >= 0.3 is 0 Å². The SMILES string of the molecule is C[NH+](C)C=C[N+](=O)[O-]. The van der Waals surface area contributed by atoms with Crippen LogP contribution in [0.5, 0.6) is 0 Å². The molecular formula is C4H9N2O2+. The van der Waals surface area contributed by atoms with Crippen molar-refractivity contribution in [2.75, 3.05) is 14.1 Å². The molecule has 0 aromatic rings. The van der Waals surface area contributed by atoms with Crippen molar-refractivity contribution in [1.29, 1.82) is 0 Å². The van der Waals surface area contributed by atoms with E-state index in [0.717, 1.165) is 11.1 Å². The fourth-order valence-electron chi connectivity index (χ4n) is 0.210. The maximum atomic E-state index is 9.61. The zero-order chi connectivity index (χ0) is 6.57. The summed E-state index contributed by atoms with van der Waals surface area (Å²) in [5.41, 5.74) is 0. The maximum absolute atomic E-state index is 9.61. The molecule has 0 saturated heterocycles. The van der Waals surface area contributed by atoms with E-state index in [0.29, 0.717) is 0 Å². The minimum absolute atomic E-state index is 0.479. The van der Waals surface area contributed by atoms with Gasteiger partial charge in [0.2, 0.25) is 0 Å². The second-order valence-electron chi connectivity index (χ2n) is 1.68. The zero-order valence-corrected chi connectivity index (χ0v) is 4.92. The number of hydrogen-bond donors (Lipinski definition) is 1. The molecule has 46 valence electrons. The Balaban J connectivity index is 3.50. The Kier molecular flexibility index (Phi) is 2.79. The van der Waals surface area contributed by atoms with Gasteiger partial charge in [0.1, 0.15) is 0 Å². The van der Waals surface area contributed by atoms with Crippen molar-refractivity contribution in [2.45, 2.75) is 0 Å². The standard InChI is InChI=1S/C4H8N2O2/c1-5(2)3-4-6(7)8/h3-4H,1-2H3/p+1. The number of quaternary nitrogens is 1. The Morgan fingerprint density at radius 2 is 2.12 bits per heavy atom. The van der Waals surface area contributed by atoms with Crippen molar-refractivity contribution < 1.29 is 9.82 Å². The lowest BCUT2D eigenvalue weighted by molar-refractivity contribution is -0.803. The molecule has 0 aliphatic heterocycles. The topological polar surface area (TPSA) is 47.6 Å². The van der Waals surface area contributed by atoms with E-state index in [-0.39, 0.29) is 0 Å². The summed E-state index contributed by atoms with van der Waals surface area (Å²) < 4.78 is 0. The third kappa shape index (κ3) is 5.10. The Labute approximate surface area is 47.6 Å². The van der Waals surface area contributed by atoms with Gasteiger partial charge in [0.15, 0.2) is 6.20 Å². The number of nitro groups is 1. The predicted molar refractivity (Wildman–Crippen MR) is 28.9 cm³/mol. The van der Waals surface area contributed by atoms with Crippen molar-refractivity contribution in [3.8, 4) is 0 Å². The summed E-state index contributed by atoms with van der Waals surface area (Å²) in [6, 6.07) is 0. The van der Waals surface area contributed by atoms with Crippen LogP contribution in [0, 0.1) is 10.1 Å². The first-order chi connectivity index (χ1) is 3.63. The highest BCUT2D eigenvalue weighted by Crippen LogP contribution is 1.62. The molecule has 0 aromatic heterocycles. The highest BCUT2D eigenvalue weighted by Gasteiger charge is 1.87. The second kappa shape index (κ2) is 3.15. The van der Waals surface area contributed by atoms with E-state index in [1.807, 2.05) is 0 Å². The van der Waals surface area contributed by atoms with Gasteiger partial charge in [0.05, 0.1) is 19.0 Å². The minimum atomic E-state index is -0.479. The molecule has 4 heteroatoms. The molecule has 4 nitrogen and oxygen atoms in total. The number of nitrogens with one attached hydrogen (secondary N) is 1. The van der Waals surface area contributed by atoms with Crippen LogP contribution >= 0.6 is 0 Å². The monoisotopic (exact) mass is 117 g/mol. The maximum Gasteiger partial charge on any atom is 0.286 e. The molecule has 0 fully saturated rings. The molecular weight excluding hydrogens is 108 g/mol. The quantitative estimate of drug-likeness (QED) is 0.368. The van der Waals surface area contributed by atoms with Crippen LogP contribution in [0.2, 0.25) is 0 Å². The van der Waals surface area contributed by atoms with Crippen molar-refractivity contribution in [3.63, 3.8) is 0 Å². The van der Waals surface area contributed by atoms with Gasteiger partial charge in [-0.05, 0) is 0 Å². The van der Waals surface area contributed by atoms with Crippen LogP contribution in [0.3, 0.4) is 0 Å². The highest BCUT2D eigenvalue weighted by atomic mass is 16.6. The van der Waals surface area contributed by atoms with Gasteiger partial charge in [-0.1, -0.05) is 0 Å². The van der Waals surface area contributed by atoms with Gasteiger partial charge in [-0.2, -0.15) is 0 Å². The number of nitrogens with zero attached hydrogens (tertiary/aromatic N) is 1. The van der Waals surface area contributed by atoms with E-state index in [1.165, 1.54) is 6.20 Å². The Morgan fingerprint density at radius 3 is 2.25 bits per heavy atom. The smallest absolute Gasteiger partial charge is 0.286 e. The molecule has 0 unspecified atom stereocenters. The first-order valence-electron chi connectivity index (χ1n) is 2.25. The van der Waals surface area contributed by atoms with Crippen LogP contribution in [0.4, 0.5) is 0 Å². The van der Waals surface area contributed by atoms with Crippen molar-refractivity contribution in [1.82, 2.24) is 0 Å². The molecule has 8 heavy (non-hydrogen) atoms. The molecule has 0 aliphatic rings. The van der Waals surface area contributed by atoms with Gasteiger partial charge in [0.25, 0.3) is 6.20 Å². The van der Waals surface area contributed by atoms with Gasteiger partial charge < -0.3 is 4.90 Å². The summed E-state index contributed by atoms with van der Waals surface area (Å²) >= 11 is 0. The summed E-state index contributed by atoms with van der Waals surface area (Å²) in [5, 5.41) is 9.61. The Bertz CT molecular complexity index is 109. The van der Waals surface area contributed by atoms with Gasteiger partial charge in [0, 0.05) is 0 Å². The van der Waals surface area contributed by atoms with Crippen molar-refractivity contribution in [2.24, 2.45) is 0 Å². The van der Waals surface area contributed by atoms with Gasteiger partial charge in [-0.15, -0.1) is 0 Å². The fourth-order valence-corrected chi connectivity index (χ4v) is 0.210. The summed E-state index contributed by atoms with van der Waals surface area (Å²) in [6.07, 6.45) is 2.38. The lowest BCUT2D eigenvalue weighted by Gasteiger charge is -1.91. The molecule has 0 heterocycles. The van der Waals surface area contributed by atoms with Gasteiger partial charge in [-0.25, -0.2) is 0 Å².